The molecule has 0 N–H and O–H groups in total. The van der Waals surface area contributed by atoms with E-state index in [2.05, 4.69) is 121 Å². The Kier molecular flexibility index (Phi) is 15.7. The number of para-hydroxylation sites is 2. The molecule has 9 heteroatoms. The van der Waals surface area contributed by atoms with Gasteiger partial charge in [-0.25, -0.2) is 0 Å². The molecule has 0 saturated carbocycles. The molecule has 0 fully saturated rings. The molecule has 6 aromatic carbocycles. The summed E-state index contributed by atoms with van der Waals surface area (Å²) in [7, 11) is 3.55. The van der Waals surface area contributed by atoms with Crippen LogP contribution in [0.15, 0.2) is 121 Å². The van der Waals surface area contributed by atoms with Gasteiger partial charge in [-0.1, -0.05) is 72.8 Å². The number of methoxy groups -OCH3 is 2. The van der Waals surface area contributed by atoms with Crippen LogP contribution in [-0.2, 0) is 39.9 Å². The molecule has 0 unspecified atom stereocenters. The van der Waals surface area contributed by atoms with Crippen LogP contribution >= 0.6 is 0 Å². The van der Waals surface area contributed by atoms with E-state index in [-0.39, 0.29) is 0 Å². The first kappa shape index (κ1) is 45.9. The maximum atomic E-state index is 6.85. The van der Waals surface area contributed by atoms with Gasteiger partial charge in [-0.05, 0) is 141 Å². The van der Waals surface area contributed by atoms with Gasteiger partial charge in [0.1, 0.15) is 47.7 Å². The molecule has 1 aliphatic carbocycles. The summed E-state index contributed by atoms with van der Waals surface area (Å²) in [6.07, 6.45) is 10.6. The first-order valence-electron chi connectivity index (χ1n) is 23.8. The maximum Gasteiger partial charge on any atom is 0.126 e. The second kappa shape index (κ2) is 23.0. The molecule has 6 aromatic rings. The third kappa shape index (κ3) is 11.7. The van der Waals surface area contributed by atoms with E-state index < -0.39 is 0 Å². The molecule has 16 bridgehead atoms. The van der Waals surface area contributed by atoms with E-state index in [0.717, 1.165) is 127 Å². The fraction of sp³-hybridized carbons (Fsp3) is 0.345. The van der Waals surface area contributed by atoms with Gasteiger partial charge in [0.25, 0.3) is 0 Å². The predicted octanol–water partition coefficient (Wildman–Crippen LogP) is 11.4. The summed E-state index contributed by atoms with van der Waals surface area (Å²) in [5.74, 6) is 5.06. The average Bonchev–Trinajstić information content (AvgIpc) is 3.34. The van der Waals surface area contributed by atoms with Crippen molar-refractivity contribution in [1.29, 1.82) is 0 Å². The van der Waals surface area contributed by atoms with Crippen molar-refractivity contribution >= 4 is 0 Å². The third-order valence-electron chi connectivity index (χ3n) is 12.6. The van der Waals surface area contributed by atoms with Gasteiger partial charge in [-0.15, -0.1) is 0 Å². The van der Waals surface area contributed by atoms with Crippen molar-refractivity contribution in [2.24, 2.45) is 0 Å². The molecule has 6 aliphatic heterocycles. The Morgan fingerprint density at radius 3 is 1.03 bits per heavy atom. The van der Waals surface area contributed by atoms with E-state index in [4.69, 9.17) is 42.6 Å². The summed E-state index contributed by atoms with van der Waals surface area (Å²) in [5, 5.41) is 0. The molecular weight excluding hydrogens is 841 g/mol. The van der Waals surface area contributed by atoms with Crippen LogP contribution in [-0.4, -0.2) is 80.3 Å². The normalized spacial score (nSPS) is 16.7. The lowest BCUT2D eigenvalue weighted by atomic mass is 9.88. The Morgan fingerprint density at radius 2 is 0.687 bits per heavy atom. The minimum atomic E-state index is 0.370. The fourth-order valence-corrected chi connectivity index (χ4v) is 9.37. The molecule has 0 spiro atoms. The van der Waals surface area contributed by atoms with Crippen molar-refractivity contribution in [3.8, 4) is 56.8 Å². The lowest BCUT2D eigenvalue weighted by molar-refractivity contribution is 0.00484. The van der Waals surface area contributed by atoms with E-state index in [1.807, 2.05) is 0 Å². The van der Waals surface area contributed by atoms with Crippen LogP contribution in [0.4, 0.5) is 0 Å². The second-order valence-electron chi connectivity index (χ2n) is 17.2. The van der Waals surface area contributed by atoms with E-state index in [1.165, 1.54) is 0 Å². The van der Waals surface area contributed by atoms with Crippen LogP contribution in [0.1, 0.15) is 70.2 Å². The summed E-state index contributed by atoms with van der Waals surface area (Å²) in [6.45, 7) is 4.71. The average molecular weight is 903 g/mol. The Hall–Kier alpha value is -6.26. The summed E-state index contributed by atoms with van der Waals surface area (Å²) in [6, 6.07) is 39.0. The third-order valence-corrected chi connectivity index (χ3v) is 12.6. The number of hydrogen-bond acceptors (Lipinski definition) is 9. The lowest BCUT2D eigenvalue weighted by Gasteiger charge is -2.23. The zero-order valence-corrected chi connectivity index (χ0v) is 38.9. The minimum absolute atomic E-state index is 0.370. The van der Waals surface area contributed by atoms with Gasteiger partial charge < -0.3 is 42.6 Å². The van der Waals surface area contributed by atoms with Gasteiger partial charge in [-0.3, -0.25) is 0 Å². The van der Waals surface area contributed by atoms with Crippen LogP contribution in [0.5, 0.6) is 34.5 Å². The highest BCUT2D eigenvalue weighted by Crippen LogP contribution is 2.42. The molecule has 348 valence electrons. The van der Waals surface area contributed by atoms with Gasteiger partial charge in [0.15, 0.2) is 0 Å². The molecule has 0 amide bonds. The first-order valence-corrected chi connectivity index (χ1v) is 23.8. The summed E-state index contributed by atoms with van der Waals surface area (Å²) < 4.78 is 56.8. The Bertz CT molecular complexity index is 2330. The number of ether oxygens (including phenoxy) is 9. The number of rotatable bonds is 2. The van der Waals surface area contributed by atoms with Gasteiger partial charge >= 0.3 is 0 Å². The van der Waals surface area contributed by atoms with Crippen molar-refractivity contribution in [1.82, 2.24) is 0 Å². The summed E-state index contributed by atoms with van der Waals surface area (Å²) >= 11 is 0. The molecule has 7 aliphatic rings. The highest BCUT2D eigenvalue weighted by atomic mass is 16.6. The van der Waals surface area contributed by atoms with Crippen molar-refractivity contribution in [2.75, 3.05) is 80.3 Å². The van der Waals surface area contributed by atoms with Gasteiger partial charge in [0.2, 0.25) is 0 Å². The van der Waals surface area contributed by atoms with E-state index in [0.29, 0.717) is 91.8 Å². The molecule has 67 heavy (non-hydrogen) atoms. The quantitative estimate of drug-likeness (QED) is 0.158. The van der Waals surface area contributed by atoms with Gasteiger partial charge in [0.05, 0.1) is 67.1 Å². The molecule has 6 heterocycles. The van der Waals surface area contributed by atoms with Gasteiger partial charge in [0, 0.05) is 25.7 Å². The van der Waals surface area contributed by atoms with E-state index in [1.54, 1.807) is 14.2 Å². The molecule has 0 aromatic heterocycles. The minimum Gasteiger partial charge on any atom is -0.496 e. The SMILES string of the molecule is COc1c2cc3cc1Cc1cccc4c1OCCOCCOCCOCCOc1c(cccc1Cc1cc(cc(c1OC)C4)-c1ccc(cc1)OCCC/C=C\CCCOc1ccc-3cc1)C2. The van der Waals surface area contributed by atoms with Crippen LogP contribution in [0.2, 0.25) is 0 Å². The van der Waals surface area contributed by atoms with Gasteiger partial charge in [-0.2, -0.15) is 0 Å². The standard InChI is InChI=1S/C58H62O9/c1-59-55-49-33-43-11-9-13-45-35-51-39-48-40-52(56(51)60-2)36-46-14-10-12-44(58(46)67-32-30-63-28-26-61-25-27-62-29-31-66-57(43)45)34-50(55)38-47(37-49)41-15-19-53(20-16-41)64-23-7-5-3-4-6-8-24-65-54-21-17-42(48)18-22-54/h3-4,9-22,37-40H,5-8,23-36H2,1-2H3/b4-3-. The maximum absolute atomic E-state index is 6.85. The zero-order valence-electron chi connectivity index (χ0n) is 38.9. The highest BCUT2D eigenvalue weighted by molar-refractivity contribution is 5.71. The largest absolute Gasteiger partial charge is 0.496 e. The number of hydrogen-bond donors (Lipinski definition) is 0. The van der Waals surface area contributed by atoms with Crippen molar-refractivity contribution in [3.63, 3.8) is 0 Å². The Balaban J connectivity index is 1.25. The molecule has 13 rings (SSSR count). The van der Waals surface area contributed by atoms with Crippen molar-refractivity contribution < 1.29 is 42.6 Å². The van der Waals surface area contributed by atoms with Crippen molar-refractivity contribution in [2.45, 2.75) is 51.4 Å². The van der Waals surface area contributed by atoms with E-state index in [9.17, 15) is 0 Å². The summed E-state index contributed by atoms with van der Waals surface area (Å²) in [4.78, 5) is 0. The van der Waals surface area contributed by atoms with Crippen molar-refractivity contribution in [3.05, 3.63) is 166 Å². The smallest absolute Gasteiger partial charge is 0.126 e. The molecule has 9 nitrogen and oxygen atoms in total. The first-order chi connectivity index (χ1) is 33.1. The van der Waals surface area contributed by atoms with Crippen LogP contribution in [0.25, 0.3) is 22.3 Å². The Labute approximate surface area is 395 Å². The van der Waals surface area contributed by atoms with E-state index >= 15 is 0 Å². The monoisotopic (exact) mass is 902 g/mol. The zero-order chi connectivity index (χ0) is 45.6. The Morgan fingerprint density at radius 1 is 0.343 bits per heavy atom. The van der Waals surface area contributed by atoms with Crippen LogP contribution in [0, 0.1) is 0 Å². The topological polar surface area (TPSA) is 83.1 Å². The highest BCUT2D eigenvalue weighted by Gasteiger charge is 2.23. The molecule has 0 atom stereocenters. The number of benzene rings is 6. The molecule has 0 radical (unpaired) electrons. The molecular formula is C58H62O9. The lowest BCUT2D eigenvalue weighted by Crippen LogP contribution is -2.16. The fourth-order valence-electron chi connectivity index (χ4n) is 9.37. The van der Waals surface area contributed by atoms with Crippen LogP contribution in [0.3, 0.4) is 0 Å². The van der Waals surface area contributed by atoms with Crippen LogP contribution < -0.4 is 28.4 Å². The predicted molar refractivity (Wildman–Crippen MR) is 263 cm³/mol. The number of allylic oxidation sites excluding steroid dienone is 2. The second-order valence-corrected chi connectivity index (χ2v) is 17.2. The molecule has 0 saturated heterocycles. The summed E-state index contributed by atoms with van der Waals surface area (Å²) in [5.41, 5.74) is 12.8.